The molecule has 1 saturated carbocycles. The first-order chi connectivity index (χ1) is 14.9. The predicted molar refractivity (Wildman–Crippen MR) is 124 cm³/mol. The summed E-state index contributed by atoms with van der Waals surface area (Å²) in [5.41, 5.74) is 7.48. The molecular formula is C20H24ClN7O3S. The van der Waals surface area contributed by atoms with Gasteiger partial charge < -0.3 is 21.1 Å². The van der Waals surface area contributed by atoms with E-state index in [-0.39, 0.29) is 24.8 Å². The number of nitriles is 1. The van der Waals surface area contributed by atoms with Crippen molar-refractivity contribution >= 4 is 45.2 Å². The second-order valence-electron chi connectivity index (χ2n) is 7.51. The molecule has 170 valence electrons. The van der Waals surface area contributed by atoms with Crippen LogP contribution in [0.15, 0.2) is 30.5 Å². The first-order valence-electron chi connectivity index (χ1n) is 9.82. The standard InChI is InChI=1S/C20H23N7O3S.ClH/c1-31(28,29)12-13-8-16(4-5-17(13)30-7-6-21)24-18-9-19(25-15-2-3-15)27-20(26-18)14(10-22)11-23-27;/h4-5,8-9,11,15,25H,2-3,6-7,12,21H2,1H3,(H,24,26);1H. The number of sulfone groups is 1. The van der Waals surface area contributed by atoms with Crippen LogP contribution in [-0.2, 0) is 15.6 Å². The number of hydrogen-bond acceptors (Lipinski definition) is 9. The van der Waals surface area contributed by atoms with E-state index in [9.17, 15) is 13.7 Å². The third-order valence-corrected chi connectivity index (χ3v) is 5.48. The van der Waals surface area contributed by atoms with Gasteiger partial charge in [-0.1, -0.05) is 0 Å². The molecule has 0 bridgehead atoms. The van der Waals surface area contributed by atoms with E-state index in [4.69, 9.17) is 10.5 Å². The average molecular weight is 478 g/mol. The Bertz CT molecular complexity index is 1270. The van der Waals surface area contributed by atoms with E-state index < -0.39 is 9.84 Å². The molecule has 1 aliphatic carbocycles. The fourth-order valence-electron chi connectivity index (χ4n) is 3.16. The summed E-state index contributed by atoms with van der Waals surface area (Å²) in [5, 5.41) is 20.2. The third kappa shape index (κ3) is 5.59. The Balaban J connectivity index is 0.00000289. The number of fused-ring (bicyclic) bond motifs is 1. The molecule has 32 heavy (non-hydrogen) atoms. The molecule has 4 N–H and O–H groups in total. The molecular weight excluding hydrogens is 454 g/mol. The summed E-state index contributed by atoms with van der Waals surface area (Å²) in [4.78, 5) is 4.53. The maximum atomic E-state index is 11.9. The van der Waals surface area contributed by atoms with E-state index in [1.54, 1.807) is 22.7 Å². The number of halogens is 1. The van der Waals surface area contributed by atoms with Crippen molar-refractivity contribution in [3.8, 4) is 11.8 Å². The van der Waals surface area contributed by atoms with Crippen molar-refractivity contribution in [2.75, 3.05) is 30.0 Å². The maximum absolute atomic E-state index is 11.9. The second kappa shape index (κ2) is 9.60. The van der Waals surface area contributed by atoms with Crippen molar-refractivity contribution in [1.29, 1.82) is 5.26 Å². The summed E-state index contributed by atoms with van der Waals surface area (Å²) in [6.45, 7) is 0.613. The number of nitrogens with one attached hydrogen (secondary N) is 2. The Labute approximate surface area is 192 Å². The van der Waals surface area contributed by atoms with Gasteiger partial charge in [-0.25, -0.2) is 13.4 Å². The number of aromatic nitrogens is 3. The van der Waals surface area contributed by atoms with Crippen LogP contribution in [0.5, 0.6) is 5.75 Å². The molecule has 0 unspecified atom stereocenters. The molecule has 12 heteroatoms. The number of nitrogens with zero attached hydrogens (tertiary/aromatic N) is 4. The molecule has 3 aromatic rings. The molecule has 0 aliphatic heterocycles. The molecule has 0 amide bonds. The molecule has 0 atom stereocenters. The van der Waals surface area contributed by atoms with E-state index >= 15 is 0 Å². The minimum absolute atomic E-state index is 0. The lowest BCUT2D eigenvalue weighted by Gasteiger charge is -2.14. The highest BCUT2D eigenvalue weighted by Crippen LogP contribution is 2.30. The van der Waals surface area contributed by atoms with Crippen LogP contribution in [0.3, 0.4) is 0 Å². The van der Waals surface area contributed by atoms with Crippen LogP contribution in [0.4, 0.5) is 17.3 Å². The van der Waals surface area contributed by atoms with Gasteiger partial charge in [0.05, 0.1) is 11.9 Å². The molecule has 2 heterocycles. The van der Waals surface area contributed by atoms with Crippen molar-refractivity contribution in [2.24, 2.45) is 5.73 Å². The first-order valence-corrected chi connectivity index (χ1v) is 11.9. The van der Waals surface area contributed by atoms with Crippen LogP contribution in [0.1, 0.15) is 24.0 Å². The summed E-state index contributed by atoms with van der Waals surface area (Å²) in [6.07, 6.45) is 4.82. The Morgan fingerprint density at radius 3 is 2.78 bits per heavy atom. The number of anilines is 3. The fraction of sp³-hybridized carbons (Fsp3) is 0.350. The van der Waals surface area contributed by atoms with Crippen LogP contribution < -0.4 is 21.1 Å². The summed E-state index contributed by atoms with van der Waals surface area (Å²) in [5.74, 6) is 1.55. The van der Waals surface area contributed by atoms with Crippen LogP contribution >= 0.6 is 12.4 Å². The zero-order valence-corrected chi connectivity index (χ0v) is 19.0. The highest BCUT2D eigenvalue weighted by atomic mass is 35.5. The zero-order valence-electron chi connectivity index (χ0n) is 17.4. The van der Waals surface area contributed by atoms with Gasteiger partial charge in [-0.2, -0.15) is 14.9 Å². The average Bonchev–Trinajstić information content (AvgIpc) is 3.42. The SMILES string of the molecule is CS(=O)(=O)Cc1cc(Nc2cc(NC3CC3)n3ncc(C#N)c3n2)ccc1OCCN.Cl. The number of hydrogen-bond donors (Lipinski definition) is 3. The highest BCUT2D eigenvalue weighted by molar-refractivity contribution is 7.89. The van der Waals surface area contributed by atoms with E-state index in [0.29, 0.717) is 46.6 Å². The predicted octanol–water partition coefficient (Wildman–Crippen LogP) is 2.22. The minimum atomic E-state index is -3.27. The van der Waals surface area contributed by atoms with Gasteiger partial charge in [-0.3, -0.25) is 0 Å². The monoisotopic (exact) mass is 477 g/mol. The summed E-state index contributed by atoms with van der Waals surface area (Å²) < 4.78 is 31.0. The van der Waals surface area contributed by atoms with Gasteiger partial charge >= 0.3 is 0 Å². The minimum Gasteiger partial charge on any atom is -0.492 e. The van der Waals surface area contributed by atoms with Crippen molar-refractivity contribution in [3.63, 3.8) is 0 Å². The van der Waals surface area contributed by atoms with Crippen molar-refractivity contribution in [3.05, 3.63) is 41.6 Å². The summed E-state index contributed by atoms with van der Waals surface area (Å²) >= 11 is 0. The van der Waals surface area contributed by atoms with Crippen molar-refractivity contribution in [1.82, 2.24) is 14.6 Å². The summed E-state index contributed by atoms with van der Waals surface area (Å²) in [6, 6.07) is 9.50. The summed E-state index contributed by atoms with van der Waals surface area (Å²) in [7, 11) is -3.27. The van der Waals surface area contributed by atoms with Gasteiger partial charge in [0.2, 0.25) is 0 Å². The molecule has 2 aromatic heterocycles. The second-order valence-corrected chi connectivity index (χ2v) is 9.65. The van der Waals surface area contributed by atoms with E-state index in [2.05, 4.69) is 26.8 Å². The lowest BCUT2D eigenvalue weighted by molar-refractivity contribution is 0.326. The molecule has 4 rings (SSSR count). The number of rotatable bonds is 9. The van der Waals surface area contributed by atoms with Crippen molar-refractivity contribution in [2.45, 2.75) is 24.6 Å². The molecule has 1 aromatic carbocycles. The number of benzene rings is 1. The lowest BCUT2D eigenvalue weighted by atomic mass is 10.2. The van der Waals surface area contributed by atoms with Crippen LogP contribution in [0, 0.1) is 11.3 Å². The largest absolute Gasteiger partial charge is 0.492 e. The Hall–Kier alpha value is -3.07. The highest BCUT2D eigenvalue weighted by Gasteiger charge is 2.23. The van der Waals surface area contributed by atoms with E-state index in [1.807, 2.05) is 6.07 Å². The van der Waals surface area contributed by atoms with Crippen LogP contribution in [0.25, 0.3) is 5.65 Å². The first kappa shape index (κ1) is 23.6. The van der Waals surface area contributed by atoms with Crippen LogP contribution in [-0.4, -0.2) is 48.5 Å². The number of nitrogens with two attached hydrogens (primary N) is 1. The van der Waals surface area contributed by atoms with Gasteiger partial charge in [-0.05, 0) is 31.0 Å². The van der Waals surface area contributed by atoms with Gasteiger partial charge in [0.25, 0.3) is 0 Å². The van der Waals surface area contributed by atoms with Gasteiger partial charge in [0.1, 0.15) is 35.6 Å². The van der Waals surface area contributed by atoms with Gasteiger partial charge in [0, 0.05) is 36.2 Å². The normalized spacial score (nSPS) is 13.3. The Kier molecular flexibility index (Phi) is 7.08. The molecule has 0 saturated heterocycles. The Morgan fingerprint density at radius 1 is 1.34 bits per heavy atom. The smallest absolute Gasteiger partial charge is 0.177 e. The zero-order chi connectivity index (χ0) is 22.0. The number of ether oxygens (including phenoxy) is 1. The van der Waals surface area contributed by atoms with E-state index in [1.165, 1.54) is 12.5 Å². The van der Waals surface area contributed by atoms with Crippen molar-refractivity contribution < 1.29 is 13.2 Å². The van der Waals surface area contributed by atoms with Gasteiger partial charge in [0.15, 0.2) is 15.5 Å². The molecule has 10 nitrogen and oxygen atoms in total. The molecule has 1 fully saturated rings. The maximum Gasteiger partial charge on any atom is 0.177 e. The fourth-order valence-corrected chi connectivity index (χ4v) is 3.95. The van der Waals surface area contributed by atoms with Gasteiger partial charge in [-0.15, -0.1) is 12.4 Å². The van der Waals surface area contributed by atoms with E-state index in [0.717, 1.165) is 18.7 Å². The quantitative estimate of drug-likeness (QED) is 0.421. The molecule has 0 radical (unpaired) electrons. The third-order valence-electron chi connectivity index (χ3n) is 4.65. The topological polar surface area (TPSA) is 147 Å². The van der Waals surface area contributed by atoms with Crippen LogP contribution in [0.2, 0.25) is 0 Å². The Morgan fingerprint density at radius 2 is 2.12 bits per heavy atom. The molecule has 1 aliphatic rings. The lowest BCUT2D eigenvalue weighted by Crippen LogP contribution is -2.12. The molecule has 0 spiro atoms.